The fourth-order valence-electron chi connectivity index (χ4n) is 3.09. The van der Waals surface area contributed by atoms with Crippen LogP contribution in [-0.2, 0) is 4.74 Å². The number of ether oxygens (including phenoxy) is 1. The lowest BCUT2D eigenvalue weighted by Crippen LogP contribution is -3.28. The fraction of sp³-hybridized carbons (Fsp3) is 0.923. The third-order valence-corrected chi connectivity index (χ3v) is 4.34. The molecule has 0 atom stereocenters. The number of amides is 1. The SMILES string of the molecule is CCOC(=O)N1CCC([NH+]2CC[NH+](C)CC2)CC1. The molecule has 0 aromatic carbocycles. The number of piperidine rings is 1. The van der Waals surface area contributed by atoms with Gasteiger partial charge >= 0.3 is 6.09 Å². The number of piperazine rings is 1. The lowest BCUT2D eigenvalue weighted by molar-refractivity contribution is -1.02. The summed E-state index contributed by atoms with van der Waals surface area (Å²) in [4.78, 5) is 16.9. The van der Waals surface area contributed by atoms with E-state index in [4.69, 9.17) is 4.74 Å². The van der Waals surface area contributed by atoms with Gasteiger partial charge in [0.1, 0.15) is 26.2 Å². The number of hydrogen-bond acceptors (Lipinski definition) is 2. The molecule has 2 fully saturated rings. The maximum absolute atomic E-state index is 11.6. The number of likely N-dealkylation sites (N-methyl/N-ethyl adjacent to an activating group) is 1. The third kappa shape index (κ3) is 3.36. The summed E-state index contributed by atoms with van der Waals surface area (Å²) in [6, 6.07) is 0.753. The normalized spacial score (nSPS) is 30.2. The quantitative estimate of drug-likeness (QED) is 0.602. The maximum atomic E-state index is 11.6. The molecule has 5 heteroatoms. The summed E-state index contributed by atoms with van der Waals surface area (Å²) < 4.78 is 5.05. The van der Waals surface area contributed by atoms with Crippen molar-refractivity contribution >= 4 is 6.09 Å². The van der Waals surface area contributed by atoms with Gasteiger partial charge in [0.15, 0.2) is 0 Å². The summed E-state index contributed by atoms with van der Waals surface area (Å²) in [7, 11) is 2.28. The number of rotatable bonds is 2. The molecule has 2 rings (SSSR count). The molecular formula is C13H27N3O2+2. The Labute approximate surface area is 110 Å². The number of likely N-dealkylation sites (tertiary alicyclic amines) is 1. The Balaban J connectivity index is 1.74. The van der Waals surface area contributed by atoms with Crippen LogP contribution in [0.15, 0.2) is 0 Å². The van der Waals surface area contributed by atoms with Crippen molar-refractivity contribution in [3.63, 3.8) is 0 Å². The standard InChI is InChI=1S/C13H25N3O2/c1-3-18-13(17)16-6-4-12(5-7-16)15-10-8-14(2)9-11-15/h12H,3-11H2,1-2H3/p+2. The summed E-state index contributed by atoms with van der Waals surface area (Å²) in [6.07, 6.45) is 2.13. The molecule has 0 aromatic heterocycles. The first-order valence-electron chi connectivity index (χ1n) is 7.28. The largest absolute Gasteiger partial charge is 0.450 e. The van der Waals surface area contributed by atoms with Gasteiger partial charge in [-0.2, -0.15) is 0 Å². The number of carbonyl (C=O) groups is 1. The van der Waals surface area contributed by atoms with E-state index < -0.39 is 0 Å². The van der Waals surface area contributed by atoms with Crippen LogP contribution in [0, 0.1) is 0 Å². The highest BCUT2D eigenvalue weighted by molar-refractivity contribution is 5.67. The van der Waals surface area contributed by atoms with Gasteiger partial charge in [-0.05, 0) is 6.92 Å². The third-order valence-electron chi connectivity index (χ3n) is 4.34. The summed E-state index contributed by atoms with van der Waals surface area (Å²) in [5.74, 6) is 0. The highest BCUT2D eigenvalue weighted by Gasteiger charge is 2.32. The van der Waals surface area contributed by atoms with Crippen LogP contribution in [0.5, 0.6) is 0 Å². The number of quaternary nitrogens is 2. The Morgan fingerprint density at radius 1 is 1.22 bits per heavy atom. The Bertz CT molecular complexity index is 269. The Morgan fingerprint density at radius 3 is 2.39 bits per heavy atom. The smallest absolute Gasteiger partial charge is 0.409 e. The first kappa shape index (κ1) is 13.6. The molecule has 2 heterocycles. The van der Waals surface area contributed by atoms with Crippen LogP contribution >= 0.6 is 0 Å². The molecule has 0 aromatic rings. The molecule has 104 valence electrons. The second-order valence-electron chi connectivity index (χ2n) is 5.58. The van der Waals surface area contributed by atoms with Crippen molar-refractivity contribution in [1.82, 2.24) is 4.90 Å². The highest BCUT2D eigenvalue weighted by atomic mass is 16.6. The van der Waals surface area contributed by atoms with E-state index in [9.17, 15) is 4.79 Å². The van der Waals surface area contributed by atoms with Crippen molar-refractivity contribution in [3.05, 3.63) is 0 Å². The summed E-state index contributed by atoms with van der Waals surface area (Å²) in [5.41, 5.74) is 0. The zero-order valence-electron chi connectivity index (χ0n) is 11.7. The van der Waals surface area contributed by atoms with Crippen LogP contribution in [-0.4, -0.2) is 70.0 Å². The molecule has 18 heavy (non-hydrogen) atoms. The zero-order valence-corrected chi connectivity index (χ0v) is 11.7. The number of nitrogens with one attached hydrogen (secondary N) is 2. The van der Waals surface area contributed by atoms with Crippen molar-refractivity contribution in [2.24, 2.45) is 0 Å². The van der Waals surface area contributed by atoms with Gasteiger partial charge in [0.25, 0.3) is 0 Å². The second kappa shape index (κ2) is 6.38. The molecule has 2 aliphatic rings. The molecule has 0 aliphatic carbocycles. The van der Waals surface area contributed by atoms with Crippen LogP contribution < -0.4 is 9.80 Å². The monoisotopic (exact) mass is 257 g/mol. The van der Waals surface area contributed by atoms with Gasteiger partial charge in [0.05, 0.1) is 19.7 Å². The van der Waals surface area contributed by atoms with E-state index >= 15 is 0 Å². The van der Waals surface area contributed by atoms with Gasteiger partial charge in [-0.1, -0.05) is 0 Å². The van der Waals surface area contributed by atoms with E-state index in [1.54, 1.807) is 9.80 Å². The van der Waals surface area contributed by atoms with E-state index in [0.29, 0.717) is 6.61 Å². The summed E-state index contributed by atoms with van der Waals surface area (Å²) >= 11 is 0. The molecule has 0 saturated carbocycles. The molecule has 2 aliphatic heterocycles. The Hall–Kier alpha value is -0.810. The van der Waals surface area contributed by atoms with Crippen LogP contribution in [0.2, 0.25) is 0 Å². The maximum Gasteiger partial charge on any atom is 0.409 e. The van der Waals surface area contributed by atoms with Gasteiger partial charge in [0.2, 0.25) is 0 Å². The number of nitrogens with zero attached hydrogens (tertiary/aromatic N) is 1. The minimum Gasteiger partial charge on any atom is -0.450 e. The molecule has 0 spiro atoms. The average molecular weight is 257 g/mol. The van der Waals surface area contributed by atoms with Gasteiger partial charge in [-0.25, -0.2) is 4.79 Å². The number of hydrogen-bond donors (Lipinski definition) is 2. The summed E-state index contributed by atoms with van der Waals surface area (Å²) in [6.45, 7) is 9.23. The summed E-state index contributed by atoms with van der Waals surface area (Å²) in [5, 5.41) is 0. The van der Waals surface area contributed by atoms with E-state index in [1.165, 1.54) is 26.2 Å². The molecule has 2 N–H and O–H groups in total. The molecule has 0 unspecified atom stereocenters. The molecule has 2 saturated heterocycles. The highest BCUT2D eigenvalue weighted by Crippen LogP contribution is 2.09. The van der Waals surface area contributed by atoms with Gasteiger partial charge in [-0.3, -0.25) is 0 Å². The first-order valence-corrected chi connectivity index (χ1v) is 7.28. The van der Waals surface area contributed by atoms with Crippen molar-refractivity contribution in [2.45, 2.75) is 25.8 Å². The van der Waals surface area contributed by atoms with Crippen molar-refractivity contribution in [1.29, 1.82) is 0 Å². The van der Waals surface area contributed by atoms with Gasteiger partial charge in [0, 0.05) is 25.9 Å². The predicted molar refractivity (Wildman–Crippen MR) is 68.9 cm³/mol. The minimum atomic E-state index is -0.131. The number of carbonyl (C=O) groups excluding carboxylic acids is 1. The van der Waals surface area contributed by atoms with Crippen LogP contribution in [0.4, 0.5) is 4.79 Å². The average Bonchev–Trinajstić information content (AvgIpc) is 2.40. The van der Waals surface area contributed by atoms with E-state index in [2.05, 4.69) is 7.05 Å². The Morgan fingerprint density at radius 2 is 1.83 bits per heavy atom. The van der Waals surface area contributed by atoms with E-state index in [1.807, 2.05) is 11.8 Å². The Kier molecular flexibility index (Phi) is 4.83. The molecule has 0 bridgehead atoms. The van der Waals surface area contributed by atoms with Crippen molar-refractivity contribution in [3.8, 4) is 0 Å². The van der Waals surface area contributed by atoms with Gasteiger partial charge in [-0.15, -0.1) is 0 Å². The second-order valence-corrected chi connectivity index (χ2v) is 5.58. The van der Waals surface area contributed by atoms with Crippen LogP contribution in [0.3, 0.4) is 0 Å². The molecular weight excluding hydrogens is 230 g/mol. The van der Waals surface area contributed by atoms with E-state index in [0.717, 1.165) is 32.0 Å². The van der Waals surface area contributed by atoms with Crippen molar-refractivity contribution < 1.29 is 19.3 Å². The molecule has 0 radical (unpaired) electrons. The molecule has 1 amide bonds. The van der Waals surface area contributed by atoms with Gasteiger partial charge < -0.3 is 19.4 Å². The predicted octanol–water partition coefficient (Wildman–Crippen LogP) is -1.98. The fourth-order valence-corrected chi connectivity index (χ4v) is 3.09. The lowest BCUT2D eigenvalue weighted by Gasteiger charge is -2.38. The zero-order chi connectivity index (χ0) is 13.0. The van der Waals surface area contributed by atoms with Crippen LogP contribution in [0.1, 0.15) is 19.8 Å². The first-order chi connectivity index (χ1) is 8.70. The molecule has 5 nitrogen and oxygen atoms in total. The van der Waals surface area contributed by atoms with Crippen LogP contribution in [0.25, 0.3) is 0 Å². The lowest BCUT2D eigenvalue weighted by atomic mass is 10.0. The minimum absolute atomic E-state index is 0.131. The topological polar surface area (TPSA) is 38.4 Å². The van der Waals surface area contributed by atoms with Crippen molar-refractivity contribution in [2.75, 3.05) is 52.9 Å². The van der Waals surface area contributed by atoms with E-state index in [-0.39, 0.29) is 6.09 Å².